The Morgan fingerprint density at radius 2 is 2.00 bits per heavy atom. The van der Waals surface area contributed by atoms with Crippen molar-refractivity contribution >= 4 is 28.3 Å². The van der Waals surface area contributed by atoms with Crippen LogP contribution in [0.5, 0.6) is 0 Å². The molecule has 0 aliphatic carbocycles. The minimum Gasteiger partial charge on any atom is -0.449 e. The number of pyridine rings is 1. The van der Waals surface area contributed by atoms with Gasteiger partial charge in [-0.1, -0.05) is 11.3 Å². The zero-order valence-electron chi connectivity index (χ0n) is 10.9. The summed E-state index contributed by atoms with van der Waals surface area (Å²) in [5.74, 6) is -1.04. The van der Waals surface area contributed by atoms with Crippen LogP contribution in [0.25, 0.3) is 0 Å². The average molecular weight is 292 g/mol. The summed E-state index contributed by atoms with van der Waals surface area (Å²) < 4.78 is 5.05. The molecule has 2 heterocycles. The highest BCUT2D eigenvalue weighted by Gasteiger charge is 2.20. The number of ether oxygens (including phenoxy) is 1. The highest BCUT2D eigenvalue weighted by atomic mass is 32.1. The van der Waals surface area contributed by atoms with Crippen molar-refractivity contribution in [3.8, 4) is 0 Å². The molecular formula is C12H12N4O3S. The van der Waals surface area contributed by atoms with Gasteiger partial charge in [0, 0.05) is 12.4 Å². The predicted molar refractivity (Wildman–Crippen MR) is 72.4 cm³/mol. The van der Waals surface area contributed by atoms with Gasteiger partial charge in [0.1, 0.15) is 5.01 Å². The Labute approximate surface area is 119 Å². The summed E-state index contributed by atoms with van der Waals surface area (Å²) in [6.45, 7) is 3.27. The molecule has 0 saturated heterocycles. The lowest BCUT2D eigenvalue weighted by atomic mass is 10.3. The zero-order valence-corrected chi connectivity index (χ0v) is 11.7. The monoisotopic (exact) mass is 292 g/mol. The average Bonchev–Trinajstić information content (AvgIpc) is 2.85. The summed E-state index contributed by atoms with van der Waals surface area (Å²) in [6, 6.07) is 3.03. The lowest BCUT2D eigenvalue weighted by Gasteiger charge is -2.11. The van der Waals surface area contributed by atoms with Crippen molar-refractivity contribution in [2.45, 2.75) is 20.0 Å². The number of esters is 1. The highest BCUT2D eigenvalue weighted by Crippen LogP contribution is 2.14. The topological polar surface area (TPSA) is 94.1 Å². The second-order valence-electron chi connectivity index (χ2n) is 3.90. The molecule has 0 aromatic carbocycles. The second-order valence-corrected chi connectivity index (χ2v) is 5.08. The summed E-state index contributed by atoms with van der Waals surface area (Å²) in [6.07, 6.45) is 2.02. The number of aromatic nitrogens is 3. The standard InChI is InChI=1S/C12H12N4O3S/c1-7(10(17)14-12-16-15-8(2)20-12)19-11(18)9-3-5-13-6-4-9/h3-7H,1-2H3,(H,14,16,17). The van der Waals surface area contributed by atoms with Gasteiger partial charge in [-0.3, -0.25) is 15.1 Å². The van der Waals surface area contributed by atoms with Crippen molar-refractivity contribution in [3.05, 3.63) is 35.1 Å². The van der Waals surface area contributed by atoms with Crippen molar-refractivity contribution in [2.75, 3.05) is 5.32 Å². The fourth-order valence-electron chi connectivity index (χ4n) is 1.32. The van der Waals surface area contributed by atoms with Gasteiger partial charge < -0.3 is 4.74 Å². The van der Waals surface area contributed by atoms with Gasteiger partial charge in [0.05, 0.1) is 5.56 Å². The van der Waals surface area contributed by atoms with Crippen LogP contribution >= 0.6 is 11.3 Å². The molecular weight excluding hydrogens is 280 g/mol. The maximum absolute atomic E-state index is 11.8. The third-order valence-electron chi connectivity index (χ3n) is 2.33. The molecule has 20 heavy (non-hydrogen) atoms. The maximum atomic E-state index is 11.8. The number of aryl methyl sites for hydroxylation is 1. The Bertz CT molecular complexity index is 614. The van der Waals surface area contributed by atoms with Crippen LogP contribution in [-0.2, 0) is 9.53 Å². The van der Waals surface area contributed by atoms with E-state index in [1.165, 1.54) is 42.8 Å². The fraction of sp³-hybridized carbons (Fsp3) is 0.250. The van der Waals surface area contributed by atoms with Gasteiger partial charge in [-0.25, -0.2) is 4.79 Å². The highest BCUT2D eigenvalue weighted by molar-refractivity contribution is 7.15. The first-order chi connectivity index (χ1) is 9.56. The minimum atomic E-state index is -0.931. The van der Waals surface area contributed by atoms with Gasteiger partial charge in [0.2, 0.25) is 5.13 Å². The summed E-state index contributed by atoms with van der Waals surface area (Å²) >= 11 is 1.25. The van der Waals surface area contributed by atoms with Crippen LogP contribution in [0.3, 0.4) is 0 Å². The van der Waals surface area contributed by atoms with Crippen molar-refractivity contribution in [2.24, 2.45) is 0 Å². The van der Waals surface area contributed by atoms with Gasteiger partial charge >= 0.3 is 5.97 Å². The van der Waals surface area contributed by atoms with Gasteiger partial charge in [-0.2, -0.15) is 0 Å². The van der Waals surface area contributed by atoms with Crippen LogP contribution in [0.15, 0.2) is 24.5 Å². The molecule has 0 aliphatic rings. The maximum Gasteiger partial charge on any atom is 0.339 e. The minimum absolute atomic E-state index is 0.339. The van der Waals surface area contributed by atoms with E-state index in [2.05, 4.69) is 20.5 Å². The smallest absolute Gasteiger partial charge is 0.339 e. The molecule has 0 bridgehead atoms. The largest absolute Gasteiger partial charge is 0.449 e. The Morgan fingerprint density at radius 3 is 2.60 bits per heavy atom. The molecule has 8 heteroatoms. The van der Waals surface area contributed by atoms with E-state index >= 15 is 0 Å². The molecule has 0 fully saturated rings. The van der Waals surface area contributed by atoms with E-state index in [4.69, 9.17) is 4.74 Å². The third-order valence-corrected chi connectivity index (χ3v) is 3.08. The van der Waals surface area contributed by atoms with Crippen LogP contribution in [0, 0.1) is 6.92 Å². The summed E-state index contributed by atoms with van der Waals surface area (Å²) in [5, 5.41) is 11.2. The second kappa shape index (κ2) is 6.20. The molecule has 104 valence electrons. The number of carbonyl (C=O) groups excluding carboxylic acids is 2. The van der Waals surface area contributed by atoms with Gasteiger partial charge in [0.15, 0.2) is 6.10 Å². The van der Waals surface area contributed by atoms with Crippen molar-refractivity contribution in [1.82, 2.24) is 15.2 Å². The van der Waals surface area contributed by atoms with Crippen molar-refractivity contribution in [1.29, 1.82) is 0 Å². The van der Waals surface area contributed by atoms with Gasteiger partial charge in [0.25, 0.3) is 5.91 Å². The first-order valence-corrected chi connectivity index (χ1v) is 6.60. The Hall–Kier alpha value is -2.35. The molecule has 2 aromatic rings. The van der Waals surface area contributed by atoms with E-state index in [-0.39, 0.29) is 0 Å². The summed E-state index contributed by atoms with van der Waals surface area (Å²) in [5.41, 5.74) is 0.339. The summed E-state index contributed by atoms with van der Waals surface area (Å²) in [4.78, 5) is 27.4. The molecule has 0 radical (unpaired) electrons. The third kappa shape index (κ3) is 3.58. The predicted octanol–water partition coefficient (Wildman–Crippen LogP) is 1.43. The SMILES string of the molecule is Cc1nnc(NC(=O)C(C)OC(=O)c2ccncc2)s1. The number of rotatable bonds is 4. The lowest BCUT2D eigenvalue weighted by Crippen LogP contribution is -2.30. The molecule has 0 aliphatic heterocycles. The van der Waals surface area contributed by atoms with Crippen LogP contribution in [0.4, 0.5) is 5.13 Å². The van der Waals surface area contributed by atoms with E-state index in [0.29, 0.717) is 10.7 Å². The van der Waals surface area contributed by atoms with Crippen molar-refractivity contribution < 1.29 is 14.3 Å². The van der Waals surface area contributed by atoms with E-state index in [9.17, 15) is 9.59 Å². The Balaban J connectivity index is 1.92. The molecule has 2 aromatic heterocycles. The molecule has 0 spiro atoms. The zero-order chi connectivity index (χ0) is 14.5. The number of nitrogens with one attached hydrogen (secondary N) is 1. The summed E-state index contributed by atoms with van der Waals surface area (Å²) in [7, 11) is 0. The number of hydrogen-bond acceptors (Lipinski definition) is 7. The van der Waals surface area contributed by atoms with E-state index < -0.39 is 18.0 Å². The molecule has 1 N–H and O–H groups in total. The van der Waals surface area contributed by atoms with Gasteiger partial charge in [-0.15, -0.1) is 10.2 Å². The van der Waals surface area contributed by atoms with Crippen LogP contribution in [0.2, 0.25) is 0 Å². The molecule has 2 rings (SSSR count). The fourth-order valence-corrected chi connectivity index (χ4v) is 1.92. The van der Waals surface area contributed by atoms with E-state index in [1.807, 2.05) is 0 Å². The molecule has 7 nitrogen and oxygen atoms in total. The van der Waals surface area contributed by atoms with Crippen LogP contribution in [0.1, 0.15) is 22.3 Å². The Kier molecular flexibility index (Phi) is 4.36. The number of nitrogens with zero attached hydrogens (tertiary/aromatic N) is 3. The number of anilines is 1. The molecule has 1 unspecified atom stereocenters. The first kappa shape index (κ1) is 14.1. The van der Waals surface area contributed by atoms with Gasteiger partial charge in [-0.05, 0) is 26.0 Å². The molecule has 0 saturated carbocycles. The van der Waals surface area contributed by atoms with E-state index in [1.54, 1.807) is 6.92 Å². The van der Waals surface area contributed by atoms with Crippen LogP contribution < -0.4 is 5.32 Å². The first-order valence-electron chi connectivity index (χ1n) is 5.78. The normalized spacial score (nSPS) is 11.7. The molecule has 1 amide bonds. The van der Waals surface area contributed by atoms with E-state index in [0.717, 1.165) is 5.01 Å². The Morgan fingerprint density at radius 1 is 1.30 bits per heavy atom. The quantitative estimate of drug-likeness (QED) is 0.857. The lowest BCUT2D eigenvalue weighted by molar-refractivity contribution is -0.123. The van der Waals surface area contributed by atoms with Crippen molar-refractivity contribution in [3.63, 3.8) is 0 Å². The number of carbonyl (C=O) groups is 2. The molecule has 1 atom stereocenters. The number of amides is 1. The number of hydrogen-bond donors (Lipinski definition) is 1. The van der Waals surface area contributed by atoms with Crippen LogP contribution in [-0.4, -0.2) is 33.2 Å².